The number of ether oxygens (including phenoxy) is 1. The van der Waals surface area contributed by atoms with Gasteiger partial charge in [-0.1, -0.05) is 48.5 Å². The molecule has 1 fully saturated rings. The highest BCUT2D eigenvalue weighted by atomic mass is 19.4. The van der Waals surface area contributed by atoms with Gasteiger partial charge in [0.15, 0.2) is 0 Å². The Bertz CT molecular complexity index is 1390. The van der Waals surface area contributed by atoms with Crippen molar-refractivity contribution in [2.75, 3.05) is 13.2 Å². The summed E-state index contributed by atoms with van der Waals surface area (Å²) in [5.74, 6) is -0.106. The summed E-state index contributed by atoms with van der Waals surface area (Å²) >= 11 is 0. The minimum Gasteiger partial charge on any atom is -0.449 e. The molecule has 0 saturated carbocycles. The standard InChI is InChI=1S/C30H30BF3N2O4/c1-28(2)29(3,4)40-31(39-28)20(16-21-15-19(13-14-35-21)30(32,33)34)17-36-27(37)38-18-26-24-11-7-5-9-22(24)23-10-6-8-12-25(23)26/h5-16,26H,17-18H2,1-4H3,(H,36,37). The number of carbonyl (C=O) groups excluding carboxylic acids is 1. The first kappa shape index (κ1) is 27.9. The van der Waals surface area contributed by atoms with Crippen molar-refractivity contribution in [1.82, 2.24) is 10.3 Å². The first-order valence-electron chi connectivity index (χ1n) is 13.0. The van der Waals surface area contributed by atoms with E-state index in [4.69, 9.17) is 14.0 Å². The van der Waals surface area contributed by atoms with Crippen molar-refractivity contribution in [2.45, 2.75) is 51.0 Å². The van der Waals surface area contributed by atoms with Crippen molar-refractivity contribution >= 4 is 19.3 Å². The van der Waals surface area contributed by atoms with E-state index in [-0.39, 0.29) is 24.8 Å². The summed E-state index contributed by atoms with van der Waals surface area (Å²) < 4.78 is 57.7. The largest absolute Gasteiger partial charge is 0.492 e. The van der Waals surface area contributed by atoms with Crippen molar-refractivity contribution in [1.29, 1.82) is 0 Å². The zero-order valence-electron chi connectivity index (χ0n) is 22.7. The van der Waals surface area contributed by atoms with Crippen molar-refractivity contribution in [3.63, 3.8) is 0 Å². The van der Waals surface area contributed by atoms with Gasteiger partial charge in [0.05, 0.1) is 22.5 Å². The van der Waals surface area contributed by atoms with E-state index in [1.807, 2.05) is 64.1 Å². The molecule has 3 aromatic rings. The van der Waals surface area contributed by atoms with Gasteiger partial charge in [0.1, 0.15) is 6.61 Å². The summed E-state index contributed by atoms with van der Waals surface area (Å²) in [7, 11) is -0.907. The van der Waals surface area contributed by atoms with Crippen LogP contribution in [0.25, 0.3) is 17.2 Å². The highest BCUT2D eigenvalue weighted by molar-refractivity contribution is 6.56. The lowest BCUT2D eigenvalue weighted by molar-refractivity contribution is -0.137. The minimum absolute atomic E-state index is 0.0638. The molecule has 40 heavy (non-hydrogen) atoms. The first-order chi connectivity index (χ1) is 18.9. The van der Waals surface area contributed by atoms with Gasteiger partial charge in [0.25, 0.3) is 0 Å². The van der Waals surface area contributed by atoms with Crippen LogP contribution in [0.2, 0.25) is 0 Å². The second-order valence-corrected chi connectivity index (χ2v) is 11.0. The van der Waals surface area contributed by atoms with Crippen LogP contribution in [0.5, 0.6) is 0 Å². The molecule has 0 spiro atoms. The van der Waals surface area contributed by atoms with E-state index in [9.17, 15) is 18.0 Å². The number of pyridine rings is 1. The molecule has 208 valence electrons. The third-order valence-corrected chi connectivity index (χ3v) is 7.78. The third-order valence-electron chi connectivity index (χ3n) is 7.78. The number of carbonyl (C=O) groups is 1. The maximum absolute atomic E-state index is 13.3. The van der Waals surface area contributed by atoms with Crippen LogP contribution in [0.15, 0.2) is 72.3 Å². The minimum atomic E-state index is -4.52. The number of fused-ring (bicyclic) bond motifs is 3. The van der Waals surface area contributed by atoms with Crippen LogP contribution in [0.1, 0.15) is 56.0 Å². The normalized spacial score (nSPS) is 17.9. The van der Waals surface area contributed by atoms with Crippen LogP contribution in [-0.4, -0.2) is 42.5 Å². The Kier molecular flexibility index (Phi) is 7.27. The van der Waals surface area contributed by atoms with Gasteiger partial charge in [0, 0.05) is 18.7 Å². The number of alkyl halides is 3. The van der Waals surface area contributed by atoms with Gasteiger partial charge in [-0.15, -0.1) is 0 Å². The fourth-order valence-corrected chi connectivity index (χ4v) is 4.91. The molecular weight excluding hydrogens is 520 g/mol. The Morgan fingerprint density at radius 3 is 2.15 bits per heavy atom. The molecule has 1 aromatic heterocycles. The maximum atomic E-state index is 13.3. The number of halogens is 3. The summed E-state index contributed by atoms with van der Waals surface area (Å²) in [6.45, 7) is 7.52. The molecule has 6 nitrogen and oxygen atoms in total. The number of nitrogens with zero attached hydrogens (tertiary/aromatic N) is 1. The van der Waals surface area contributed by atoms with Gasteiger partial charge < -0.3 is 19.4 Å². The average Bonchev–Trinajstić information content (AvgIpc) is 3.34. The van der Waals surface area contributed by atoms with Crippen LogP contribution < -0.4 is 5.32 Å². The Labute approximate surface area is 231 Å². The van der Waals surface area contributed by atoms with Gasteiger partial charge in [-0.05, 0) is 73.6 Å². The number of aromatic nitrogens is 1. The number of amides is 1. The summed E-state index contributed by atoms with van der Waals surface area (Å²) in [6.07, 6.45) is -2.65. The predicted octanol–water partition coefficient (Wildman–Crippen LogP) is 6.65. The van der Waals surface area contributed by atoms with E-state index in [2.05, 4.69) is 22.4 Å². The summed E-state index contributed by atoms with van der Waals surface area (Å²) in [5, 5.41) is 2.71. The monoisotopic (exact) mass is 550 g/mol. The predicted molar refractivity (Wildman–Crippen MR) is 146 cm³/mol. The molecule has 2 aliphatic rings. The number of rotatable bonds is 6. The second kappa shape index (κ2) is 10.4. The number of nitrogens with one attached hydrogen (secondary N) is 1. The fraction of sp³-hybridized carbons (Fsp3) is 0.333. The van der Waals surface area contributed by atoms with Gasteiger partial charge in [-0.25, -0.2) is 4.79 Å². The van der Waals surface area contributed by atoms with E-state index in [0.717, 1.165) is 40.6 Å². The summed E-state index contributed by atoms with van der Waals surface area (Å²) in [6, 6.07) is 17.9. The van der Waals surface area contributed by atoms with Gasteiger partial charge in [0.2, 0.25) is 0 Å². The molecule has 2 heterocycles. The number of benzene rings is 2. The van der Waals surface area contributed by atoms with E-state index in [1.165, 1.54) is 6.08 Å². The van der Waals surface area contributed by atoms with Crippen LogP contribution in [0, 0.1) is 0 Å². The van der Waals surface area contributed by atoms with Gasteiger partial charge in [-0.3, -0.25) is 4.98 Å². The van der Waals surface area contributed by atoms with Crippen LogP contribution in [-0.2, 0) is 20.2 Å². The zero-order valence-corrected chi connectivity index (χ0v) is 22.7. The highest BCUT2D eigenvalue weighted by Gasteiger charge is 2.52. The van der Waals surface area contributed by atoms with Crippen molar-refractivity contribution < 1.29 is 32.0 Å². The number of hydrogen-bond acceptors (Lipinski definition) is 5. The lowest BCUT2D eigenvalue weighted by Crippen LogP contribution is -2.41. The summed E-state index contributed by atoms with van der Waals surface area (Å²) in [4.78, 5) is 16.9. The number of alkyl carbamates (subject to hydrolysis) is 1. The van der Waals surface area contributed by atoms with Crippen molar-refractivity contribution in [3.05, 3.63) is 94.7 Å². The molecule has 0 radical (unpaired) electrons. The van der Waals surface area contributed by atoms with Crippen LogP contribution in [0.4, 0.5) is 18.0 Å². The maximum Gasteiger partial charge on any atom is 0.492 e. The number of hydrogen-bond donors (Lipinski definition) is 1. The van der Waals surface area contributed by atoms with Crippen LogP contribution in [0.3, 0.4) is 0 Å². The molecule has 1 aliphatic heterocycles. The lowest BCUT2D eigenvalue weighted by atomic mass is 9.77. The van der Waals surface area contributed by atoms with E-state index < -0.39 is 36.2 Å². The van der Waals surface area contributed by atoms with E-state index in [0.29, 0.717) is 5.47 Å². The summed E-state index contributed by atoms with van der Waals surface area (Å²) in [5.41, 5.74) is 2.66. The molecule has 2 aromatic carbocycles. The molecule has 1 saturated heterocycles. The molecular formula is C30H30BF3N2O4. The Morgan fingerprint density at radius 2 is 1.57 bits per heavy atom. The quantitative estimate of drug-likeness (QED) is 0.348. The highest BCUT2D eigenvalue weighted by Crippen LogP contribution is 2.44. The van der Waals surface area contributed by atoms with Gasteiger partial charge >= 0.3 is 19.4 Å². The third kappa shape index (κ3) is 5.51. The molecule has 10 heteroatoms. The SMILES string of the molecule is CC1(C)OB(C(=Cc2cc(C(F)(F)F)ccn2)CNC(=O)OCC2c3ccccc3-c3ccccc32)OC1(C)C. The topological polar surface area (TPSA) is 69.7 Å². The first-order valence-corrected chi connectivity index (χ1v) is 13.0. The zero-order chi connectivity index (χ0) is 28.7. The molecule has 0 bridgehead atoms. The lowest BCUT2D eigenvalue weighted by Gasteiger charge is -2.32. The van der Waals surface area contributed by atoms with E-state index in [1.54, 1.807) is 0 Å². The van der Waals surface area contributed by atoms with Crippen LogP contribution >= 0.6 is 0 Å². The van der Waals surface area contributed by atoms with E-state index >= 15 is 0 Å². The molecule has 5 rings (SSSR count). The fourth-order valence-electron chi connectivity index (χ4n) is 4.91. The Balaban J connectivity index is 1.32. The Morgan fingerprint density at radius 1 is 1.00 bits per heavy atom. The average molecular weight is 550 g/mol. The molecule has 0 atom stereocenters. The molecule has 1 aliphatic carbocycles. The Hall–Kier alpha value is -3.63. The smallest absolute Gasteiger partial charge is 0.449 e. The molecule has 0 unspecified atom stereocenters. The molecule has 1 N–H and O–H groups in total. The second-order valence-electron chi connectivity index (χ2n) is 11.0. The van der Waals surface area contributed by atoms with Crippen molar-refractivity contribution in [2.24, 2.45) is 0 Å². The van der Waals surface area contributed by atoms with Gasteiger partial charge in [-0.2, -0.15) is 13.2 Å². The van der Waals surface area contributed by atoms with Crippen molar-refractivity contribution in [3.8, 4) is 11.1 Å². The molecule has 1 amide bonds.